The molecule has 8 atom stereocenters. The quantitative estimate of drug-likeness (QED) is 0.206. The second-order valence-electron chi connectivity index (χ2n) is 8.92. The predicted molar refractivity (Wildman–Crippen MR) is 122 cm³/mol. The number of aromatic nitrogens is 2. The molecule has 2 saturated heterocycles. The highest BCUT2D eigenvalue weighted by Crippen LogP contribution is 2.31. The Kier molecular flexibility index (Phi) is 8.41. The topological polar surface area (TPSA) is 211 Å². The summed E-state index contributed by atoms with van der Waals surface area (Å²) in [4.78, 5) is 50.5. The van der Waals surface area contributed by atoms with E-state index in [9.17, 15) is 34.5 Å². The lowest BCUT2D eigenvalue weighted by atomic mass is 10.1. The van der Waals surface area contributed by atoms with E-state index in [1.807, 2.05) is 0 Å². The third-order valence-electron chi connectivity index (χ3n) is 6.39. The predicted octanol–water partition coefficient (Wildman–Crippen LogP) is -3.43. The fourth-order valence-corrected chi connectivity index (χ4v) is 4.37. The number of carbonyl (C=O) groups is 2. The molecule has 0 unspecified atom stereocenters. The van der Waals surface area contributed by atoms with Crippen molar-refractivity contribution in [2.75, 3.05) is 20.3 Å². The highest BCUT2D eigenvalue weighted by Gasteiger charge is 2.46. The summed E-state index contributed by atoms with van der Waals surface area (Å²) in [6.45, 7) is 0.131. The normalized spacial score (nSPS) is 34.2. The van der Waals surface area contributed by atoms with E-state index in [4.69, 9.17) is 18.9 Å². The third-order valence-corrected chi connectivity index (χ3v) is 6.39. The monoisotopic (exact) mass is 526 g/mol. The van der Waals surface area contributed by atoms with Gasteiger partial charge in [0.05, 0.1) is 6.61 Å². The molecule has 4 rings (SSSR count). The fraction of sp³-hybridized carbons (Fsp3) is 0.636. The minimum Gasteiger partial charge on any atom is -0.456 e. The minimum atomic E-state index is -1.58. The highest BCUT2D eigenvalue weighted by atomic mass is 16.7. The van der Waals surface area contributed by atoms with Crippen molar-refractivity contribution in [2.45, 2.75) is 68.3 Å². The first-order valence-corrected chi connectivity index (χ1v) is 11.8. The van der Waals surface area contributed by atoms with Crippen LogP contribution < -0.4 is 21.9 Å². The average molecular weight is 526 g/mol. The molecule has 3 aliphatic rings. The van der Waals surface area contributed by atoms with Crippen molar-refractivity contribution in [1.82, 2.24) is 20.2 Å². The lowest BCUT2D eigenvalue weighted by Gasteiger charge is -2.32. The number of nitrogens with zero attached hydrogens (tertiary/aromatic N) is 1. The van der Waals surface area contributed by atoms with Gasteiger partial charge in [-0.2, -0.15) is 0 Å². The van der Waals surface area contributed by atoms with E-state index in [0.29, 0.717) is 13.0 Å². The van der Waals surface area contributed by atoms with Crippen molar-refractivity contribution in [3.05, 3.63) is 44.9 Å². The highest BCUT2D eigenvalue weighted by molar-refractivity contribution is 5.95. The molecule has 6 N–H and O–H groups in total. The maximum Gasteiger partial charge on any atom is 0.330 e. The zero-order valence-corrected chi connectivity index (χ0v) is 19.9. The average Bonchev–Trinajstić information content (AvgIpc) is 3.03. The molecular formula is C22H30N4O11. The standard InChI is InChI=1S/C22H30N4O11/c1-34-17-16(30)13(36-20(17)26-7-5-14(28)25-22(26)33)9-35-21-15(29)11(27)8-12(37-21)19(32)24-10-4-2-3-6-23-18(10)31/h5,7-8,10-11,13,15-17,20-21,27,29-30H,2-4,6,9H2,1H3,(H,23,31)(H,24,32)(H,25,28,33)/t10-,11-,13+,15+,16+,17+,20+,21+/m0/s1. The van der Waals surface area contributed by atoms with Crippen molar-refractivity contribution in [3.8, 4) is 0 Å². The van der Waals surface area contributed by atoms with Crippen molar-refractivity contribution in [3.63, 3.8) is 0 Å². The van der Waals surface area contributed by atoms with E-state index in [-0.39, 0.29) is 18.3 Å². The number of H-pyrrole nitrogens is 1. The van der Waals surface area contributed by atoms with Gasteiger partial charge in [-0.1, -0.05) is 0 Å². The van der Waals surface area contributed by atoms with Crippen LogP contribution in [0.4, 0.5) is 0 Å². The maximum atomic E-state index is 12.7. The van der Waals surface area contributed by atoms with Gasteiger partial charge >= 0.3 is 5.69 Å². The molecule has 2 fully saturated rings. The summed E-state index contributed by atoms with van der Waals surface area (Å²) >= 11 is 0. The van der Waals surface area contributed by atoms with Crippen LogP contribution in [-0.2, 0) is 28.5 Å². The molecule has 0 saturated carbocycles. The Bertz CT molecular complexity index is 1130. The van der Waals surface area contributed by atoms with Gasteiger partial charge in [-0.15, -0.1) is 0 Å². The first kappa shape index (κ1) is 27.0. The number of rotatable bonds is 7. The van der Waals surface area contributed by atoms with Crippen LogP contribution in [-0.4, -0.2) is 99.8 Å². The van der Waals surface area contributed by atoms with Gasteiger partial charge in [-0.3, -0.25) is 23.9 Å². The van der Waals surface area contributed by atoms with Crippen LogP contribution in [0.25, 0.3) is 0 Å². The van der Waals surface area contributed by atoms with Gasteiger partial charge in [0, 0.05) is 25.9 Å². The maximum absolute atomic E-state index is 12.7. The van der Waals surface area contributed by atoms with Gasteiger partial charge < -0.3 is 44.9 Å². The van der Waals surface area contributed by atoms with Crippen molar-refractivity contribution in [2.24, 2.45) is 0 Å². The zero-order chi connectivity index (χ0) is 26.7. The summed E-state index contributed by atoms with van der Waals surface area (Å²) < 4.78 is 23.1. The van der Waals surface area contributed by atoms with E-state index >= 15 is 0 Å². The number of aliphatic hydroxyl groups excluding tert-OH is 3. The molecule has 37 heavy (non-hydrogen) atoms. The molecule has 1 aromatic heterocycles. The Labute approximate surface area is 210 Å². The van der Waals surface area contributed by atoms with Crippen LogP contribution in [0.5, 0.6) is 0 Å². The second kappa shape index (κ2) is 11.5. The Balaban J connectivity index is 1.40. The van der Waals surface area contributed by atoms with Gasteiger partial charge in [0.1, 0.15) is 36.6 Å². The number of methoxy groups -OCH3 is 1. The van der Waals surface area contributed by atoms with E-state index in [0.717, 1.165) is 29.6 Å². The molecule has 0 aliphatic carbocycles. The van der Waals surface area contributed by atoms with E-state index in [1.54, 1.807) is 0 Å². The summed E-state index contributed by atoms with van der Waals surface area (Å²) in [5, 5.41) is 36.5. The molecule has 0 spiro atoms. The molecule has 4 heterocycles. The lowest BCUT2D eigenvalue weighted by molar-refractivity contribution is -0.218. The SMILES string of the molecule is CO[C@@H]1[C@H](O)[C@@H](CO[C@@H]2OC(C(=O)N[C@H]3CCCCNC3=O)=C[C@H](O)[C@H]2O)O[C@H]1n1ccc(=O)[nH]c1=O. The van der Waals surface area contributed by atoms with Crippen molar-refractivity contribution < 1.29 is 43.9 Å². The Morgan fingerprint density at radius 2 is 2.00 bits per heavy atom. The van der Waals surface area contributed by atoms with Crippen molar-refractivity contribution in [1.29, 1.82) is 0 Å². The number of ether oxygens (including phenoxy) is 4. The van der Waals surface area contributed by atoms with Crippen LogP contribution in [0, 0.1) is 0 Å². The van der Waals surface area contributed by atoms with Crippen LogP contribution in [0.3, 0.4) is 0 Å². The summed E-state index contributed by atoms with van der Waals surface area (Å²) in [5.74, 6) is -1.44. The smallest absolute Gasteiger partial charge is 0.330 e. The molecule has 0 radical (unpaired) electrons. The second-order valence-corrected chi connectivity index (χ2v) is 8.92. The molecule has 2 amide bonds. The summed E-state index contributed by atoms with van der Waals surface area (Å²) in [5.41, 5.74) is -1.38. The van der Waals surface area contributed by atoms with E-state index in [2.05, 4.69) is 15.6 Å². The van der Waals surface area contributed by atoms with Crippen molar-refractivity contribution >= 4 is 11.8 Å². The van der Waals surface area contributed by atoms with Gasteiger partial charge in [0.2, 0.25) is 12.2 Å². The first-order valence-electron chi connectivity index (χ1n) is 11.8. The van der Waals surface area contributed by atoms with Crippen LogP contribution >= 0.6 is 0 Å². The number of aliphatic hydroxyl groups is 3. The van der Waals surface area contributed by atoms with E-state index in [1.165, 1.54) is 13.3 Å². The molecule has 0 bridgehead atoms. The van der Waals surface area contributed by atoms with Crippen LogP contribution in [0.15, 0.2) is 33.7 Å². The molecule has 15 heteroatoms. The van der Waals surface area contributed by atoms with Gasteiger partial charge in [-0.05, 0) is 25.3 Å². The lowest BCUT2D eigenvalue weighted by Crippen LogP contribution is -2.50. The molecule has 3 aliphatic heterocycles. The number of aromatic amines is 1. The van der Waals surface area contributed by atoms with Gasteiger partial charge in [0.15, 0.2) is 12.0 Å². The van der Waals surface area contributed by atoms with Crippen LogP contribution in [0.2, 0.25) is 0 Å². The first-order chi connectivity index (χ1) is 17.7. The fourth-order valence-electron chi connectivity index (χ4n) is 4.37. The third kappa shape index (κ3) is 5.92. The molecular weight excluding hydrogens is 496 g/mol. The molecule has 15 nitrogen and oxygen atoms in total. The summed E-state index contributed by atoms with van der Waals surface area (Å²) in [6, 6.07) is 0.336. The number of hydrogen-bond donors (Lipinski definition) is 6. The minimum absolute atomic E-state index is 0.327. The Morgan fingerprint density at radius 3 is 2.73 bits per heavy atom. The van der Waals surface area contributed by atoms with Gasteiger partial charge in [-0.25, -0.2) is 4.79 Å². The van der Waals surface area contributed by atoms with E-state index < -0.39 is 66.2 Å². The number of carbonyl (C=O) groups excluding carboxylic acids is 2. The van der Waals surface area contributed by atoms with Crippen LogP contribution in [0.1, 0.15) is 25.5 Å². The molecule has 204 valence electrons. The molecule has 1 aromatic rings. The number of hydrogen-bond acceptors (Lipinski definition) is 11. The molecule has 0 aromatic carbocycles. The summed E-state index contributed by atoms with van der Waals surface area (Å²) in [7, 11) is 1.30. The Morgan fingerprint density at radius 1 is 1.22 bits per heavy atom. The Hall–Kier alpha value is -3.08. The van der Waals surface area contributed by atoms with Gasteiger partial charge in [0.25, 0.3) is 11.5 Å². The largest absolute Gasteiger partial charge is 0.456 e. The zero-order valence-electron chi connectivity index (χ0n) is 19.9. The number of amides is 2. The number of nitrogens with one attached hydrogen (secondary N) is 3. The summed E-state index contributed by atoms with van der Waals surface area (Å²) in [6.07, 6.45) is -4.92.